The predicted molar refractivity (Wildman–Crippen MR) is 97.2 cm³/mol. The number of hydrogen-bond acceptors (Lipinski definition) is 5. The molecule has 0 spiro atoms. The van der Waals surface area contributed by atoms with Gasteiger partial charge in [0.2, 0.25) is 5.88 Å². The van der Waals surface area contributed by atoms with Crippen LogP contribution in [-0.4, -0.2) is 29.4 Å². The van der Waals surface area contributed by atoms with Crippen LogP contribution in [0.15, 0.2) is 30.5 Å². The van der Waals surface area contributed by atoms with Crippen molar-refractivity contribution >= 4 is 23.2 Å². The Hall–Kier alpha value is -1.37. The minimum atomic E-state index is -0.924. The van der Waals surface area contributed by atoms with Crippen LogP contribution < -0.4 is 10.5 Å². The highest BCUT2D eigenvalue weighted by molar-refractivity contribution is 6.42. The van der Waals surface area contributed by atoms with E-state index in [4.69, 9.17) is 38.4 Å². The van der Waals surface area contributed by atoms with Crippen molar-refractivity contribution in [3.63, 3.8) is 0 Å². The molecule has 0 amide bonds. The third-order valence-electron chi connectivity index (χ3n) is 4.23. The van der Waals surface area contributed by atoms with Crippen LogP contribution in [0.4, 0.5) is 0 Å². The van der Waals surface area contributed by atoms with E-state index in [1.165, 1.54) is 0 Å². The van der Waals surface area contributed by atoms with Crippen LogP contribution in [0.5, 0.6) is 5.88 Å². The maximum Gasteiger partial charge on any atom is 0.216 e. The molecule has 1 unspecified atom stereocenters. The van der Waals surface area contributed by atoms with Crippen molar-refractivity contribution in [2.24, 2.45) is 5.73 Å². The van der Waals surface area contributed by atoms with E-state index in [1.54, 1.807) is 24.4 Å². The van der Waals surface area contributed by atoms with E-state index in [0.29, 0.717) is 40.3 Å². The summed E-state index contributed by atoms with van der Waals surface area (Å²) in [7, 11) is 0. The van der Waals surface area contributed by atoms with E-state index in [2.05, 4.69) is 4.98 Å². The van der Waals surface area contributed by atoms with E-state index in [1.807, 2.05) is 13.0 Å². The first-order valence-corrected chi connectivity index (χ1v) is 8.81. The first-order chi connectivity index (χ1) is 12.0. The number of benzene rings is 1. The van der Waals surface area contributed by atoms with Gasteiger partial charge >= 0.3 is 0 Å². The molecule has 2 aromatic rings. The number of nitrogens with zero attached hydrogens (tertiary/aromatic N) is 1. The van der Waals surface area contributed by atoms with Gasteiger partial charge in [-0.3, -0.25) is 0 Å². The van der Waals surface area contributed by atoms with Crippen LogP contribution in [0, 0.1) is 6.92 Å². The van der Waals surface area contributed by atoms with Gasteiger partial charge in [0.15, 0.2) is 0 Å². The molecule has 25 heavy (non-hydrogen) atoms. The molecule has 0 radical (unpaired) electrons. The van der Waals surface area contributed by atoms with Gasteiger partial charge in [-0.2, -0.15) is 0 Å². The first-order valence-electron chi connectivity index (χ1n) is 8.05. The molecule has 2 heterocycles. The molecule has 1 saturated heterocycles. The molecule has 0 aliphatic carbocycles. The van der Waals surface area contributed by atoms with Crippen molar-refractivity contribution in [2.45, 2.75) is 31.6 Å². The summed E-state index contributed by atoms with van der Waals surface area (Å²) in [5.41, 5.74) is 8.33. The number of aliphatic hydroxyl groups is 1. The van der Waals surface area contributed by atoms with Crippen LogP contribution in [0.25, 0.3) is 0 Å². The van der Waals surface area contributed by atoms with Gasteiger partial charge in [0.05, 0.1) is 35.4 Å². The SMILES string of the molecule is Cc1cc([C@@H](O)[C@@H](N)c2ccc(Cl)c(Cl)c2)cnc1OC1CCOC1. The number of halogens is 2. The molecule has 134 valence electrons. The van der Waals surface area contributed by atoms with Crippen LogP contribution in [0.3, 0.4) is 0 Å². The summed E-state index contributed by atoms with van der Waals surface area (Å²) in [5, 5.41) is 11.4. The fraction of sp³-hybridized carbons (Fsp3) is 0.389. The van der Waals surface area contributed by atoms with Gasteiger partial charge in [-0.15, -0.1) is 0 Å². The van der Waals surface area contributed by atoms with Crippen LogP contribution >= 0.6 is 23.2 Å². The van der Waals surface area contributed by atoms with E-state index in [0.717, 1.165) is 12.0 Å². The lowest BCUT2D eigenvalue weighted by molar-refractivity contribution is 0.136. The Morgan fingerprint density at radius 2 is 2.08 bits per heavy atom. The zero-order valence-corrected chi connectivity index (χ0v) is 15.3. The first kappa shape index (κ1) is 18.4. The van der Waals surface area contributed by atoms with Crippen molar-refractivity contribution < 1.29 is 14.6 Å². The molecule has 1 aliphatic heterocycles. The number of hydrogen-bond donors (Lipinski definition) is 2. The number of ether oxygens (including phenoxy) is 2. The van der Waals surface area contributed by atoms with Gasteiger partial charge in [-0.1, -0.05) is 29.3 Å². The molecular formula is C18H20Cl2N2O3. The molecule has 1 aromatic heterocycles. The maximum atomic E-state index is 10.6. The zero-order valence-electron chi connectivity index (χ0n) is 13.8. The van der Waals surface area contributed by atoms with Gasteiger partial charge in [0, 0.05) is 23.7 Å². The summed E-state index contributed by atoms with van der Waals surface area (Å²) in [6.07, 6.45) is 1.54. The summed E-state index contributed by atoms with van der Waals surface area (Å²) in [6.45, 7) is 3.17. The Labute approximate surface area is 156 Å². The Morgan fingerprint density at radius 1 is 1.28 bits per heavy atom. The topological polar surface area (TPSA) is 77.6 Å². The fourth-order valence-electron chi connectivity index (χ4n) is 2.74. The van der Waals surface area contributed by atoms with Gasteiger partial charge in [-0.25, -0.2) is 4.98 Å². The summed E-state index contributed by atoms with van der Waals surface area (Å²) in [6, 6.07) is 6.26. The van der Waals surface area contributed by atoms with Crippen molar-refractivity contribution in [3.8, 4) is 5.88 Å². The second-order valence-corrected chi connectivity index (χ2v) is 6.95. The minimum absolute atomic E-state index is 0.0282. The number of nitrogens with two attached hydrogens (primary N) is 1. The smallest absolute Gasteiger partial charge is 0.216 e. The molecule has 1 fully saturated rings. The molecule has 7 heteroatoms. The molecule has 5 nitrogen and oxygen atoms in total. The molecule has 1 aliphatic rings. The standard InChI is InChI=1S/C18H20Cl2N2O3/c1-10-6-12(8-22-18(10)25-13-4-5-24-9-13)17(23)16(21)11-2-3-14(19)15(20)7-11/h2-3,6-8,13,16-17,23H,4-5,9,21H2,1H3/t13?,16-,17+/m0/s1. The second kappa shape index (κ2) is 7.89. The normalized spacial score (nSPS) is 19.6. The molecule has 3 rings (SSSR count). The fourth-order valence-corrected chi connectivity index (χ4v) is 3.05. The highest BCUT2D eigenvalue weighted by Gasteiger charge is 2.22. The molecule has 3 atom stereocenters. The van der Waals surface area contributed by atoms with Crippen LogP contribution in [0.2, 0.25) is 10.0 Å². The highest BCUT2D eigenvalue weighted by atomic mass is 35.5. The largest absolute Gasteiger partial charge is 0.472 e. The van der Waals surface area contributed by atoms with E-state index < -0.39 is 12.1 Å². The quantitative estimate of drug-likeness (QED) is 0.825. The molecule has 0 saturated carbocycles. The Morgan fingerprint density at radius 3 is 2.72 bits per heavy atom. The molecule has 1 aromatic carbocycles. The Bertz CT molecular complexity index is 751. The summed E-state index contributed by atoms with van der Waals surface area (Å²) >= 11 is 11.9. The molecular weight excluding hydrogens is 363 g/mol. The summed E-state index contributed by atoms with van der Waals surface area (Å²) in [5.74, 6) is 0.551. The van der Waals surface area contributed by atoms with Gasteiger partial charge in [0.1, 0.15) is 6.10 Å². The van der Waals surface area contributed by atoms with Crippen molar-refractivity contribution in [1.29, 1.82) is 0 Å². The van der Waals surface area contributed by atoms with Gasteiger partial charge in [-0.05, 0) is 30.7 Å². The maximum absolute atomic E-state index is 10.6. The monoisotopic (exact) mass is 382 g/mol. The minimum Gasteiger partial charge on any atom is -0.472 e. The predicted octanol–water partition coefficient (Wildman–Crippen LogP) is 3.60. The third-order valence-corrected chi connectivity index (χ3v) is 4.97. The van der Waals surface area contributed by atoms with E-state index in [-0.39, 0.29) is 6.10 Å². The highest BCUT2D eigenvalue weighted by Crippen LogP contribution is 2.32. The van der Waals surface area contributed by atoms with Crippen LogP contribution in [-0.2, 0) is 4.74 Å². The molecule has 3 N–H and O–H groups in total. The third kappa shape index (κ3) is 4.25. The Kier molecular flexibility index (Phi) is 5.81. The van der Waals surface area contributed by atoms with Gasteiger partial charge < -0.3 is 20.3 Å². The number of aliphatic hydroxyl groups excluding tert-OH is 1. The lowest BCUT2D eigenvalue weighted by atomic mass is 9.97. The average Bonchev–Trinajstić information content (AvgIpc) is 3.11. The van der Waals surface area contributed by atoms with Gasteiger partial charge in [0.25, 0.3) is 0 Å². The lowest BCUT2D eigenvalue weighted by Crippen LogP contribution is -2.20. The zero-order chi connectivity index (χ0) is 18.0. The van der Waals surface area contributed by atoms with Crippen molar-refractivity contribution in [1.82, 2.24) is 4.98 Å². The number of aromatic nitrogens is 1. The van der Waals surface area contributed by atoms with E-state index in [9.17, 15) is 5.11 Å². The lowest BCUT2D eigenvalue weighted by Gasteiger charge is -2.21. The van der Waals surface area contributed by atoms with E-state index >= 15 is 0 Å². The number of rotatable bonds is 5. The second-order valence-electron chi connectivity index (χ2n) is 6.14. The summed E-state index contributed by atoms with van der Waals surface area (Å²) < 4.78 is 11.1. The van der Waals surface area contributed by atoms with Crippen molar-refractivity contribution in [3.05, 3.63) is 57.2 Å². The summed E-state index contributed by atoms with van der Waals surface area (Å²) in [4.78, 5) is 4.33. The molecule has 0 bridgehead atoms. The van der Waals surface area contributed by atoms with Crippen molar-refractivity contribution in [2.75, 3.05) is 13.2 Å². The number of pyridine rings is 1. The average molecular weight is 383 g/mol. The number of aryl methyl sites for hydroxylation is 1. The van der Waals surface area contributed by atoms with Crippen LogP contribution in [0.1, 0.15) is 35.3 Å². The Balaban J connectivity index is 1.75.